The van der Waals surface area contributed by atoms with Gasteiger partial charge in [0.2, 0.25) is 0 Å². The lowest BCUT2D eigenvalue weighted by atomic mass is 10.0. The van der Waals surface area contributed by atoms with E-state index in [9.17, 15) is 19.4 Å². The van der Waals surface area contributed by atoms with Crippen LogP contribution in [0.25, 0.3) is 0 Å². The summed E-state index contributed by atoms with van der Waals surface area (Å²) in [7, 11) is -4.52. The Morgan fingerprint density at radius 1 is 0.500 bits per heavy atom. The summed E-state index contributed by atoms with van der Waals surface area (Å²) < 4.78 is 33.5. The predicted octanol–water partition coefficient (Wildman–Crippen LogP) is 15.2. The molecule has 0 bridgehead atoms. The van der Waals surface area contributed by atoms with Crippen molar-refractivity contribution in [2.75, 3.05) is 33.0 Å². The number of esters is 1. The van der Waals surface area contributed by atoms with E-state index in [-0.39, 0.29) is 25.6 Å². The second-order valence-corrected chi connectivity index (χ2v) is 19.0. The van der Waals surface area contributed by atoms with Crippen LogP contribution in [0.15, 0.2) is 36.5 Å². The number of hydrogen-bond donors (Lipinski definition) is 3. The summed E-state index contributed by atoms with van der Waals surface area (Å²) in [6.45, 7) is 3.54. The van der Waals surface area contributed by atoms with E-state index < -0.39 is 33.2 Å². The SMILES string of the molecule is CCCCCCC/C=C\C/C=C\CCCCCCCCCCCCCC(=O)OC(COCCCCCCCCCC/C=C\CCCCCCCC)COP(=O)(O)OCC(O)CO. The van der Waals surface area contributed by atoms with Gasteiger partial charge < -0.3 is 24.6 Å². The van der Waals surface area contributed by atoms with Gasteiger partial charge in [0.15, 0.2) is 0 Å². The Hall–Kier alpha value is -1.32. The van der Waals surface area contributed by atoms with Gasteiger partial charge in [-0.15, -0.1) is 0 Å². The molecule has 62 heavy (non-hydrogen) atoms. The van der Waals surface area contributed by atoms with E-state index in [2.05, 4.69) is 50.3 Å². The molecular weight excluding hydrogens is 800 g/mol. The number of phosphoric ester groups is 1. The molecule has 0 radical (unpaired) electrons. The standard InChI is InChI=1S/C52H99O9P/c1-3-5-7-9-11-13-15-17-19-21-23-24-25-26-27-28-30-32-34-36-38-40-42-44-52(55)61-51(49-60-62(56,57)59-47-50(54)46-53)48-58-45-43-41-39-37-35-33-31-29-22-20-18-16-14-12-10-8-6-4-2/h15,17-18,20-21,23,50-51,53-54H,3-14,16,19,22,24-49H2,1-2H3,(H,56,57)/b17-15-,20-18-,23-21-. The van der Waals surface area contributed by atoms with Gasteiger partial charge in [0.1, 0.15) is 12.2 Å². The number of allylic oxidation sites excluding steroid dienone is 6. The fraction of sp³-hybridized carbons (Fsp3) is 0.865. The minimum Gasteiger partial charge on any atom is -0.457 e. The second-order valence-electron chi connectivity index (χ2n) is 17.5. The van der Waals surface area contributed by atoms with Crippen LogP contribution in [0.5, 0.6) is 0 Å². The van der Waals surface area contributed by atoms with Gasteiger partial charge in [0.05, 0.1) is 26.4 Å². The Bertz CT molecular complexity index is 1060. The van der Waals surface area contributed by atoms with E-state index >= 15 is 0 Å². The second kappa shape index (κ2) is 49.1. The molecule has 0 aliphatic rings. The van der Waals surface area contributed by atoms with Crippen LogP contribution in [-0.2, 0) is 27.9 Å². The number of aliphatic hydroxyl groups excluding tert-OH is 2. The van der Waals surface area contributed by atoms with Crippen LogP contribution in [0, 0.1) is 0 Å². The van der Waals surface area contributed by atoms with Crippen LogP contribution in [0.2, 0.25) is 0 Å². The van der Waals surface area contributed by atoms with Crippen molar-refractivity contribution >= 4 is 13.8 Å². The van der Waals surface area contributed by atoms with Gasteiger partial charge in [-0.05, 0) is 70.6 Å². The average Bonchev–Trinajstić information content (AvgIpc) is 3.26. The maximum absolute atomic E-state index is 12.7. The zero-order valence-electron chi connectivity index (χ0n) is 40.3. The van der Waals surface area contributed by atoms with E-state index in [1.165, 1.54) is 180 Å². The smallest absolute Gasteiger partial charge is 0.457 e. The summed E-state index contributed by atoms with van der Waals surface area (Å²) in [6.07, 6.45) is 55.4. The molecule has 0 rings (SSSR count). The van der Waals surface area contributed by atoms with Gasteiger partial charge in [0.25, 0.3) is 0 Å². The lowest BCUT2D eigenvalue weighted by molar-refractivity contribution is -0.154. The van der Waals surface area contributed by atoms with Crippen molar-refractivity contribution in [1.29, 1.82) is 0 Å². The highest BCUT2D eigenvalue weighted by Gasteiger charge is 2.26. The van der Waals surface area contributed by atoms with Crippen LogP contribution in [0.1, 0.15) is 245 Å². The first-order valence-corrected chi connectivity index (χ1v) is 27.5. The van der Waals surface area contributed by atoms with Crippen molar-refractivity contribution in [3.63, 3.8) is 0 Å². The summed E-state index contributed by atoms with van der Waals surface area (Å²) >= 11 is 0. The van der Waals surface area contributed by atoms with Crippen LogP contribution in [0.3, 0.4) is 0 Å². The minimum absolute atomic E-state index is 0.0483. The number of rotatable bonds is 50. The molecule has 3 unspecified atom stereocenters. The van der Waals surface area contributed by atoms with Crippen molar-refractivity contribution < 1.29 is 43.0 Å². The van der Waals surface area contributed by atoms with Crippen molar-refractivity contribution in [1.82, 2.24) is 0 Å². The molecule has 0 heterocycles. The third kappa shape index (κ3) is 48.1. The Labute approximate surface area is 382 Å². The monoisotopic (exact) mass is 899 g/mol. The first-order chi connectivity index (χ1) is 30.3. The zero-order chi connectivity index (χ0) is 45.3. The minimum atomic E-state index is -4.52. The fourth-order valence-electron chi connectivity index (χ4n) is 7.32. The number of carbonyl (C=O) groups excluding carboxylic acids is 1. The summed E-state index contributed by atoms with van der Waals surface area (Å²) in [5.41, 5.74) is 0. The summed E-state index contributed by atoms with van der Waals surface area (Å²) in [6, 6.07) is 0. The molecule has 3 atom stereocenters. The molecule has 3 N–H and O–H groups in total. The van der Waals surface area contributed by atoms with Gasteiger partial charge in [0, 0.05) is 13.0 Å². The molecule has 0 aromatic carbocycles. The lowest BCUT2D eigenvalue weighted by Gasteiger charge is -2.20. The van der Waals surface area contributed by atoms with E-state index in [0.717, 1.165) is 44.9 Å². The largest absolute Gasteiger partial charge is 0.472 e. The third-order valence-corrected chi connectivity index (χ3v) is 12.2. The Kier molecular flexibility index (Phi) is 48.1. The molecule has 0 aliphatic heterocycles. The quantitative estimate of drug-likeness (QED) is 0.0236. The fourth-order valence-corrected chi connectivity index (χ4v) is 8.11. The Morgan fingerprint density at radius 3 is 1.31 bits per heavy atom. The van der Waals surface area contributed by atoms with Crippen molar-refractivity contribution in [3.05, 3.63) is 36.5 Å². The van der Waals surface area contributed by atoms with Gasteiger partial charge in [-0.25, -0.2) is 4.57 Å². The topological polar surface area (TPSA) is 132 Å². The molecule has 10 heteroatoms. The Morgan fingerprint density at radius 2 is 0.871 bits per heavy atom. The number of carbonyl (C=O) groups is 1. The average molecular weight is 899 g/mol. The number of ether oxygens (including phenoxy) is 2. The summed E-state index contributed by atoms with van der Waals surface area (Å²) in [4.78, 5) is 22.7. The van der Waals surface area contributed by atoms with Crippen LogP contribution >= 0.6 is 7.82 Å². The van der Waals surface area contributed by atoms with Gasteiger partial charge in [-0.3, -0.25) is 13.8 Å². The highest BCUT2D eigenvalue weighted by molar-refractivity contribution is 7.47. The highest BCUT2D eigenvalue weighted by atomic mass is 31.2. The molecule has 9 nitrogen and oxygen atoms in total. The number of aliphatic hydroxyl groups is 2. The van der Waals surface area contributed by atoms with Gasteiger partial charge in [-0.2, -0.15) is 0 Å². The molecule has 0 amide bonds. The molecule has 0 fully saturated rings. The van der Waals surface area contributed by atoms with Crippen LogP contribution in [0.4, 0.5) is 0 Å². The first-order valence-electron chi connectivity index (χ1n) is 26.0. The zero-order valence-corrected chi connectivity index (χ0v) is 41.2. The molecule has 0 aromatic rings. The Balaban J connectivity index is 4.06. The van der Waals surface area contributed by atoms with Gasteiger partial charge in [-0.1, -0.05) is 204 Å². The van der Waals surface area contributed by atoms with Crippen LogP contribution in [-0.4, -0.2) is 66.3 Å². The third-order valence-electron chi connectivity index (χ3n) is 11.3. The highest BCUT2D eigenvalue weighted by Crippen LogP contribution is 2.43. The van der Waals surface area contributed by atoms with Crippen molar-refractivity contribution in [3.8, 4) is 0 Å². The number of phosphoric acid groups is 1. The summed E-state index contributed by atoms with van der Waals surface area (Å²) in [5, 5.41) is 18.4. The van der Waals surface area contributed by atoms with E-state index in [4.69, 9.17) is 23.6 Å². The van der Waals surface area contributed by atoms with Crippen LogP contribution < -0.4 is 0 Å². The van der Waals surface area contributed by atoms with Crippen molar-refractivity contribution in [2.24, 2.45) is 0 Å². The number of hydrogen-bond acceptors (Lipinski definition) is 8. The molecule has 0 saturated heterocycles. The van der Waals surface area contributed by atoms with Gasteiger partial charge >= 0.3 is 13.8 Å². The van der Waals surface area contributed by atoms with Crippen molar-refractivity contribution in [2.45, 2.75) is 257 Å². The first kappa shape index (κ1) is 60.7. The predicted molar refractivity (Wildman–Crippen MR) is 261 cm³/mol. The maximum atomic E-state index is 12.7. The molecule has 0 saturated carbocycles. The molecule has 366 valence electrons. The number of unbranched alkanes of at least 4 members (excludes halogenated alkanes) is 30. The van der Waals surface area contributed by atoms with E-state index in [0.29, 0.717) is 6.61 Å². The van der Waals surface area contributed by atoms with E-state index in [1.807, 2.05) is 0 Å². The maximum Gasteiger partial charge on any atom is 0.472 e. The normalized spacial score (nSPS) is 14.1. The molecular formula is C52H99O9P. The lowest BCUT2D eigenvalue weighted by Crippen LogP contribution is -2.29. The molecule has 0 spiro atoms. The summed E-state index contributed by atoms with van der Waals surface area (Å²) in [5.74, 6) is -0.383. The molecule has 0 aromatic heterocycles. The molecule has 0 aliphatic carbocycles. The van der Waals surface area contributed by atoms with E-state index in [1.54, 1.807) is 0 Å².